The van der Waals surface area contributed by atoms with Gasteiger partial charge in [0.25, 0.3) is 0 Å². The average molecular weight is 249 g/mol. The van der Waals surface area contributed by atoms with Crippen LogP contribution in [-0.4, -0.2) is 0 Å². The molecule has 0 aliphatic carbocycles. The SMILES string of the molecule is Cc1cc(CNCc2ccccc2F)c(C)s1. The van der Waals surface area contributed by atoms with E-state index in [1.807, 2.05) is 12.1 Å². The molecule has 0 aliphatic heterocycles. The highest BCUT2D eigenvalue weighted by atomic mass is 32.1. The highest BCUT2D eigenvalue weighted by Gasteiger charge is 2.03. The summed E-state index contributed by atoms with van der Waals surface area (Å²) in [7, 11) is 0. The summed E-state index contributed by atoms with van der Waals surface area (Å²) in [5, 5.41) is 3.28. The van der Waals surface area contributed by atoms with E-state index in [1.54, 1.807) is 17.4 Å². The van der Waals surface area contributed by atoms with E-state index in [0.717, 1.165) is 12.1 Å². The molecule has 17 heavy (non-hydrogen) atoms. The third-order valence-electron chi connectivity index (χ3n) is 2.73. The van der Waals surface area contributed by atoms with E-state index in [0.29, 0.717) is 6.54 Å². The molecule has 0 bridgehead atoms. The van der Waals surface area contributed by atoms with E-state index in [-0.39, 0.29) is 5.82 Å². The van der Waals surface area contributed by atoms with Gasteiger partial charge in [-0.2, -0.15) is 0 Å². The van der Waals surface area contributed by atoms with Crippen LogP contribution in [-0.2, 0) is 13.1 Å². The minimum absolute atomic E-state index is 0.141. The Morgan fingerprint density at radius 2 is 1.82 bits per heavy atom. The van der Waals surface area contributed by atoms with Crippen LogP contribution in [0.15, 0.2) is 30.3 Å². The molecule has 0 aliphatic rings. The van der Waals surface area contributed by atoms with Gasteiger partial charge in [0.2, 0.25) is 0 Å². The second kappa shape index (κ2) is 5.43. The van der Waals surface area contributed by atoms with E-state index in [4.69, 9.17) is 0 Å². The molecule has 0 fully saturated rings. The molecule has 0 spiro atoms. The molecule has 1 N–H and O–H groups in total. The van der Waals surface area contributed by atoms with Gasteiger partial charge in [-0.3, -0.25) is 0 Å². The normalized spacial score (nSPS) is 10.8. The zero-order chi connectivity index (χ0) is 12.3. The van der Waals surface area contributed by atoms with Crippen LogP contribution in [0.2, 0.25) is 0 Å². The highest BCUT2D eigenvalue weighted by molar-refractivity contribution is 7.12. The molecule has 3 heteroatoms. The van der Waals surface area contributed by atoms with Crippen molar-refractivity contribution in [3.05, 3.63) is 57.0 Å². The quantitative estimate of drug-likeness (QED) is 0.869. The van der Waals surface area contributed by atoms with Crippen molar-refractivity contribution in [2.45, 2.75) is 26.9 Å². The Hall–Kier alpha value is -1.19. The molecule has 1 aromatic heterocycles. The van der Waals surface area contributed by atoms with E-state index in [2.05, 4.69) is 25.2 Å². The lowest BCUT2D eigenvalue weighted by Crippen LogP contribution is -2.13. The van der Waals surface area contributed by atoms with Crippen molar-refractivity contribution in [3.8, 4) is 0 Å². The minimum Gasteiger partial charge on any atom is -0.308 e. The lowest BCUT2D eigenvalue weighted by Gasteiger charge is -2.05. The van der Waals surface area contributed by atoms with Gasteiger partial charge in [-0.1, -0.05) is 18.2 Å². The van der Waals surface area contributed by atoms with Gasteiger partial charge in [-0.05, 0) is 31.5 Å². The Morgan fingerprint density at radius 3 is 2.47 bits per heavy atom. The number of halogens is 1. The number of thiophene rings is 1. The maximum Gasteiger partial charge on any atom is 0.127 e. The van der Waals surface area contributed by atoms with Gasteiger partial charge in [0, 0.05) is 28.4 Å². The molecule has 0 unspecified atom stereocenters. The molecular weight excluding hydrogens is 233 g/mol. The van der Waals surface area contributed by atoms with E-state index in [1.165, 1.54) is 21.4 Å². The Balaban J connectivity index is 1.92. The zero-order valence-electron chi connectivity index (χ0n) is 10.1. The maximum absolute atomic E-state index is 13.4. The first-order valence-corrected chi connectivity index (χ1v) is 6.48. The maximum atomic E-state index is 13.4. The summed E-state index contributed by atoms with van der Waals surface area (Å²) in [4.78, 5) is 2.66. The van der Waals surface area contributed by atoms with Crippen molar-refractivity contribution in [2.75, 3.05) is 0 Å². The van der Waals surface area contributed by atoms with Crippen LogP contribution < -0.4 is 5.32 Å². The number of nitrogens with one attached hydrogen (secondary N) is 1. The molecule has 2 aromatic rings. The zero-order valence-corrected chi connectivity index (χ0v) is 10.9. The molecule has 0 saturated heterocycles. The fourth-order valence-electron chi connectivity index (χ4n) is 1.83. The number of rotatable bonds is 4. The molecule has 2 rings (SSSR count). The lowest BCUT2D eigenvalue weighted by molar-refractivity contribution is 0.588. The van der Waals surface area contributed by atoms with Crippen molar-refractivity contribution in [2.24, 2.45) is 0 Å². The first-order valence-electron chi connectivity index (χ1n) is 5.67. The number of aryl methyl sites for hydroxylation is 2. The third-order valence-corrected chi connectivity index (χ3v) is 3.74. The number of benzene rings is 1. The summed E-state index contributed by atoms with van der Waals surface area (Å²) in [5.74, 6) is -0.141. The topological polar surface area (TPSA) is 12.0 Å². The molecule has 90 valence electrons. The fraction of sp³-hybridized carbons (Fsp3) is 0.286. The molecule has 0 radical (unpaired) electrons. The van der Waals surface area contributed by atoms with Gasteiger partial charge in [0.1, 0.15) is 5.82 Å². The molecule has 0 saturated carbocycles. The second-order valence-corrected chi connectivity index (χ2v) is 5.59. The van der Waals surface area contributed by atoms with E-state index < -0.39 is 0 Å². The molecule has 1 heterocycles. The third kappa shape index (κ3) is 3.14. The summed E-state index contributed by atoms with van der Waals surface area (Å²) in [6.07, 6.45) is 0. The predicted molar refractivity (Wildman–Crippen MR) is 70.7 cm³/mol. The Kier molecular flexibility index (Phi) is 3.92. The van der Waals surface area contributed by atoms with Gasteiger partial charge in [-0.15, -0.1) is 11.3 Å². The monoisotopic (exact) mass is 249 g/mol. The van der Waals surface area contributed by atoms with Crippen LogP contribution in [0.4, 0.5) is 4.39 Å². The smallest absolute Gasteiger partial charge is 0.127 e. The van der Waals surface area contributed by atoms with Crippen LogP contribution in [0.5, 0.6) is 0 Å². The minimum atomic E-state index is -0.141. The molecule has 0 amide bonds. The fourth-order valence-corrected chi connectivity index (χ4v) is 2.78. The van der Waals surface area contributed by atoms with Crippen molar-refractivity contribution in [3.63, 3.8) is 0 Å². The molecular formula is C14H16FNS. The van der Waals surface area contributed by atoms with Crippen LogP contribution in [0.3, 0.4) is 0 Å². The standard InChI is InChI=1S/C14H16FNS/c1-10-7-13(11(2)17-10)9-16-8-12-5-3-4-6-14(12)15/h3-7,16H,8-9H2,1-2H3. The second-order valence-electron chi connectivity index (χ2n) is 4.13. The Morgan fingerprint density at radius 1 is 1.12 bits per heavy atom. The summed E-state index contributed by atoms with van der Waals surface area (Å²) in [6.45, 7) is 5.60. The van der Waals surface area contributed by atoms with Crippen LogP contribution >= 0.6 is 11.3 Å². The van der Waals surface area contributed by atoms with E-state index in [9.17, 15) is 4.39 Å². The van der Waals surface area contributed by atoms with Crippen molar-refractivity contribution < 1.29 is 4.39 Å². The summed E-state index contributed by atoms with van der Waals surface area (Å²) >= 11 is 1.80. The van der Waals surface area contributed by atoms with Crippen LogP contribution in [0.1, 0.15) is 20.9 Å². The van der Waals surface area contributed by atoms with E-state index >= 15 is 0 Å². The molecule has 1 nitrogen and oxygen atoms in total. The Labute approximate surface area is 105 Å². The summed E-state index contributed by atoms with van der Waals surface area (Å²) < 4.78 is 13.4. The van der Waals surface area contributed by atoms with Crippen LogP contribution in [0, 0.1) is 19.7 Å². The largest absolute Gasteiger partial charge is 0.308 e. The summed E-state index contributed by atoms with van der Waals surface area (Å²) in [5.41, 5.74) is 2.03. The molecule has 0 atom stereocenters. The number of hydrogen-bond acceptors (Lipinski definition) is 2. The lowest BCUT2D eigenvalue weighted by atomic mass is 10.2. The first kappa shape index (κ1) is 12.3. The number of hydrogen-bond donors (Lipinski definition) is 1. The van der Waals surface area contributed by atoms with Crippen molar-refractivity contribution in [1.29, 1.82) is 0 Å². The summed E-state index contributed by atoms with van der Waals surface area (Å²) in [6, 6.07) is 9.07. The average Bonchev–Trinajstić information content (AvgIpc) is 2.60. The van der Waals surface area contributed by atoms with Gasteiger partial charge in [0.15, 0.2) is 0 Å². The van der Waals surface area contributed by atoms with Crippen molar-refractivity contribution in [1.82, 2.24) is 5.32 Å². The predicted octanol–water partition coefficient (Wildman–Crippen LogP) is 3.79. The Bertz CT molecular complexity index is 505. The van der Waals surface area contributed by atoms with Gasteiger partial charge >= 0.3 is 0 Å². The molecule has 1 aromatic carbocycles. The van der Waals surface area contributed by atoms with Crippen LogP contribution in [0.25, 0.3) is 0 Å². The van der Waals surface area contributed by atoms with Gasteiger partial charge in [-0.25, -0.2) is 4.39 Å². The van der Waals surface area contributed by atoms with Crippen molar-refractivity contribution >= 4 is 11.3 Å². The first-order chi connectivity index (χ1) is 8.16. The van der Waals surface area contributed by atoms with Gasteiger partial charge < -0.3 is 5.32 Å². The highest BCUT2D eigenvalue weighted by Crippen LogP contribution is 2.20. The van der Waals surface area contributed by atoms with Gasteiger partial charge in [0.05, 0.1) is 0 Å².